The minimum absolute atomic E-state index is 0.137. The van der Waals surface area contributed by atoms with Crippen molar-refractivity contribution in [2.45, 2.75) is 31.7 Å². The van der Waals surface area contributed by atoms with Gasteiger partial charge < -0.3 is 10.4 Å². The van der Waals surface area contributed by atoms with Crippen molar-refractivity contribution < 1.29 is 14.7 Å². The van der Waals surface area contributed by atoms with E-state index in [1.807, 2.05) is 24.3 Å². The first kappa shape index (κ1) is 15.7. The fourth-order valence-corrected chi connectivity index (χ4v) is 2.98. The topological polar surface area (TPSA) is 97.1 Å². The summed E-state index contributed by atoms with van der Waals surface area (Å²) in [5.41, 5.74) is 0.293. The Balaban J connectivity index is 1.87. The number of nitrogens with one attached hydrogen (secondary N) is 1. The molecule has 0 unspecified atom stereocenters. The lowest BCUT2D eigenvalue weighted by molar-refractivity contribution is -0.148. The van der Waals surface area contributed by atoms with Crippen LogP contribution >= 0.6 is 15.9 Å². The van der Waals surface area contributed by atoms with E-state index in [1.54, 1.807) is 11.6 Å². The van der Waals surface area contributed by atoms with Crippen molar-refractivity contribution in [2.75, 3.05) is 0 Å². The molecule has 120 valence electrons. The highest BCUT2D eigenvalue weighted by molar-refractivity contribution is 9.10. The number of aromatic nitrogens is 3. The van der Waals surface area contributed by atoms with Crippen LogP contribution in [0.5, 0.6) is 0 Å². The zero-order chi connectivity index (χ0) is 16.6. The third-order valence-electron chi connectivity index (χ3n) is 4.13. The second-order valence-corrected chi connectivity index (χ2v) is 6.53. The normalized spacial score (nSPS) is 15.7. The van der Waals surface area contributed by atoms with Crippen LogP contribution in [0, 0.1) is 6.92 Å². The monoisotopic (exact) mass is 378 g/mol. The van der Waals surface area contributed by atoms with Crippen LogP contribution in [-0.2, 0) is 4.79 Å². The van der Waals surface area contributed by atoms with E-state index in [4.69, 9.17) is 0 Å². The van der Waals surface area contributed by atoms with Crippen molar-refractivity contribution in [3.05, 3.63) is 40.1 Å². The molecule has 0 atom stereocenters. The number of amides is 1. The SMILES string of the molecule is Cc1c(C(=O)NC2(C(=O)O)CCC2)nnn1-c1cccc(Br)c1. The van der Waals surface area contributed by atoms with E-state index in [1.165, 1.54) is 0 Å². The molecule has 1 aliphatic carbocycles. The van der Waals surface area contributed by atoms with Gasteiger partial charge in [-0.05, 0) is 44.4 Å². The van der Waals surface area contributed by atoms with Gasteiger partial charge in [-0.2, -0.15) is 0 Å². The number of hydrogen-bond acceptors (Lipinski definition) is 4. The summed E-state index contributed by atoms with van der Waals surface area (Å²) in [6.45, 7) is 1.73. The summed E-state index contributed by atoms with van der Waals surface area (Å²) in [4.78, 5) is 23.7. The Hall–Kier alpha value is -2.22. The molecule has 7 nitrogen and oxygen atoms in total. The highest BCUT2D eigenvalue weighted by Crippen LogP contribution is 2.32. The molecule has 0 spiro atoms. The van der Waals surface area contributed by atoms with Crippen molar-refractivity contribution >= 4 is 27.8 Å². The van der Waals surface area contributed by atoms with E-state index >= 15 is 0 Å². The van der Waals surface area contributed by atoms with E-state index in [2.05, 4.69) is 31.6 Å². The molecule has 1 fully saturated rings. The number of nitrogens with zero attached hydrogens (tertiary/aromatic N) is 3. The number of carbonyl (C=O) groups is 2. The average Bonchev–Trinajstić information content (AvgIpc) is 2.84. The second kappa shape index (κ2) is 5.77. The first-order chi connectivity index (χ1) is 10.9. The number of carboxylic acids is 1. The second-order valence-electron chi connectivity index (χ2n) is 5.61. The van der Waals surface area contributed by atoms with Gasteiger partial charge in [-0.3, -0.25) is 4.79 Å². The van der Waals surface area contributed by atoms with Crippen molar-refractivity contribution in [3.63, 3.8) is 0 Å². The van der Waals surface area contributed by atoms with Crippen LogP contribution in [0.2, 0.25) is 0 Å². The average molecular weight is 379 g/mol. The summed E-state index contributed by atoms with van der Waals surface area (Å²) >= 11 is 3.39. The third kappa shape index (κ3) is 2.74. The van der Waals surface area contributed by atoms with E-state index in [0.29, 0.717) is 18.5 Å². The number of rotatable bonds is 4. The molecule has 0 bridgehead atoms. The van der Waals surface area contributed by atoms with Gasteiger partial charge >= 0.3 is 5.97 Å². The number of benzene rings is 1. The molecule has 1 amide bonds. The van der Waals surface area contributed by atoms with Crippen LogP contribution in [0.3, 0.4) is 0 Å². The molecule has 2 aromatic rings. The lowest BCUT2D eigenvalue weighted by Gasteiger charge is -2.37. The maximum Gasteiger partial charge on any atom is 0.329 e. The molecule has 1 aromatic heterocycles. The zero-order valence-corrected chi connectivity index (χ0v) is 14.0. The van der Waals surface area contributed by atoms with Gasteiger partial charge in [-0.25, -0.2) is 9.48 Å². The van der Waals surface area contributed by atoms with Gasteiger partial charge in [0.05, 0.1) is 11.4 Å². The molecule has 23 heavy (non-hydrogen) atoms. The van der Waals surface area contributed by atoms with Crippen molar-refractivity contribution in [1.82, 2.24) is 20.3 Å². The zero-order valence-electron chi connectivity index (χ0n) is 12.4. The van der Waals surface area contributed by atoms with Gasteiger partial charge in [0.2, 0.25) is 0 Å². The van der Waals surface area contributed by atoms with E-state index in [-0.39, 0.29) is 5.69 Å². The number of halogens is 1. The van der Waals surface area contributed by atoms with Gasteiger partial charge in [0.25, 0.3) is 5.91 Å². The maximum atomic E-state index is 12.4. The van der Waals surface area contributed by atoms with Crippen LogP contribution in [0.15, 0.2) is 28.7 Å². The Bertz CT molecular complexity index is 783. The molecule has 1 aliphatic rings. The Morgan fingerprint density at radius 1 is 1.39 bits per heavy atom. The third-order valence-corrected chi connectivity index (χ3v) is 4.62. The summed E-state index contributed by atoms with van der Waals surface area (Å²) in [6, 6.07) is 7.44. The van der Waals surface area contributed by atoms with Crippen LogP contribution < -0.4 is 5.32 Å². The Kier molecular flexibility index (Phi) is 3.93. The molecule has 1 saturated carbocycles. The van der Waals surface area contributed by atoms with Crippen LogP contribution in [-0.4, -0.2) is 37.5 Å². The number of carbonyl (C=O) groups excluding carboxylic acids is 1. The van der Waals surface area contributed by atoms with Crippen LogP contribution in [0.4, 0.5) is 0 Å². The molecule has 1 aromatic carbocycles. The Morgan fingerprint density at radius 2 is 2.13 bits per heavy atom. The van der Waals surface area contributed by atoms with Crippen LogP contribution in [0.25, 0.3) is 5.69 Å². The quantitative estimate of drug-likeness (QED) is 0.848. The maximum absolute atomic E-state index is 12.4. The predicted octanol–water partition coefficient (Wildman–Crippen LogP) is 2.08. The van der Waals surface area contributed by atoms with Gasteiger partial charge in [-0.1, -0.05) is 27.2 Å². The number of carboxylic acid groups (broad SMARTS) is 1. The lowest BCUT2D eigenvalue weighted by Crippen LogP contribution is -2.59. The summed E-state index contributed by atoms with van der Waals surface area (Å²) < 4.78 is 2.43. The molecule has 3 rings (SSSR count). The smallest absolute Gasteiger partial charge is 0.329 e. The van der Waals surface area contributed by atoms with E-state index in [0.717, 1.165) is 16.6 Å². The largest absolute Gasteiger partial charge is 0.480 e. The van der Waals surface area contributed by atoms with E-state index in [9.17, 15) is 14.7 Å². The minimum Gasteiger partial charge on any atom is -0.480 e. The van der Waals surface area contributed by atoms with Crippen molar-refractivity contribution in [2.24, 2.45) is 0 Å². The van der Waals surface area contributed by atoms with Crippen LogP contribution in [0.1, 0.15) is 35.4 Å². The highest BCUT2D eigenvalue weighted by Gasteiger charge is 2.46. The first-order valence-corrected chi connectivity index (χ1v) is 7.96. The van der Waals surface area contributed by atoms with Crippen molar-refractivity contribution in [3.8, 4) is 5.69 Å². The van der Waals surface area contributed by atoms with Crippen molar-refractivity contribution in [1.29, 1.82) is 0 Å². The van der Waals surface area contributed by atoms with E-state index < -0.39 is 17.4 Å². The molecule has 0 saturated heterocycles. The summed E-state index contributed by atoms with van der Waals surface area (Å²) in [5.74, 6) is -1.51. The molecule has 0 aliphatic heterocycles. The standard InChI is InChI=1S/C15H15BrN4O3/c1-9-12(13(21)17-15(14(22)23)6-3-7-15)18-19-20(9)11-5-2-4-10(16)8-11/h2,4-5,8H,3,6-7H2,1H3,(H,17,21)(H,22,23). The first-order valence-electron chi connectivity index (χ1n) is 7.17. The fraction of sp³-hybridized carbons (Fsp3) is 0.333. The van der Waals surface area contributed by atoms with Gasteiger partial charge in [0.15, 0.2) is 5.69 Å². The minimum atomic E-state index is -1.16. The Morgan fingerprint density at radius 3 is 2.70 bits per heavy atom. The molecule has 8 heteroatoms. The summed E-state index contributed by atoms with van der Waals surface area (Å²) in [5, 5.41) is 19.8. The molecular weight excluding hydrogens is 364 g/mol. The van der Waals surface area contributed by atoms with Gasteiger partial charge in [0, 0.05) is 4.47 Å². The molecule has 1 heterocycles. The Labute approximate surface area is 140 Å². The van der Waals surface area contributed by atoms with Gasteiger partial charge in [0.1, 0.15) is 5.54 Å². The predicted molar refractivity (Wildman–Crippen MR) is 85.5 cm³/mol. The summed E-state index contributed by atoms with van der Waals surface area (Å²) in [6.07, 6.45) is 1.66. The molecule has 2 N–H and O–H groups in total. The number of hydrogen-bond donors (Lipinski definition) is 2. The lowest BCUT2D eigenvalue weighted by atomic mass is 9.76. The van der Waals surface area contributed by atoms with Gasteiger partial charge in [-0.15, -0.1) is 5.10 Å². The summed E-state index contributed by atoms with van der Waals surface area (Å²) in [7, 11) is 0. The fourth-order valence-electron chi connectivity index (χ4n) is 2.59. The number of aliphatic carboxylic acids is 1. The molecular formula is C15H15BrN4O3. The highest BCUT2D eigenvalue weighted by atomic mass is 79.9. The molecule has 0 radical (unpaired) electrons.